The van der Waals surface area contributed by atoms with Gasteiger partial charge < -0.3 is 33.3 Å². The second kappa shape index (κ2) is 39.5. The van der Waals surface area contributed by atoms with E-state index >= 15 is 0 Å². The second-order valence-corrected chi connectivity index (χ2v) is 13.9. The Hall–Kier alpha value is -2.75. The lowest BCUT2D eigenvalue weighted by Gasteiger charge is -2.18. The van der Waals surface area contributed by atoms with Gasteiger partial charge in [0.15, 0.2) is 0 Å². The molecule has 0 aliphatic carbocycles. The van der Waals surface area contributed by atoms with E-state index in [1.165, 1.54) is 51.4 Å². The van der Waals surface area contributed by atoms with Crippen LogP contribution in [0.15, 0.2) is 24.3 Å². The largest absolute Gasteiger partial charge is 0.508 e. The summed E-state index contributed by atoms with van der Waals surface area (Å²) >= 11 is 0. The Morgan fingerprint density at radius 2 is 0.865 bits per heavy atom. The normalized spacial score (nSPS) is 12.0. The standard InChI is InChI=1S/C42H77NO9/c1-5-7-9-11-15-21-27-34-47-40(44)49-36-29-23-17-13-19-25-31-39(52-42(46)51-38-33-43(3)4)32-26-20-14-18-24-30-37-50-41(45)48-35-28-22-16-12-10-8-6-2/h21-22,27-28,39H,5-20,23-26,29-38H2,1-4H3. The molecule has 0 amide bonds. The van der Waals surface area contributed by atoms with Crippen molar-refractivity contribution in [3.05, 3.63) is 24.3 Å². The fraction of sp³-hybridized carbons (Fsp3) is 0.833. The SMILES string of the molecule is CCCCCCC=CCOC(=O)OCCCCCCCCC(CCCCCCCCOC(=O)OCC=CCCCCCC)OC(=O)OCCN(C)C. The van der Waals surface area contributed by atoms with Gasteiger partial charge in [-0.2, -0.15) is 0 Å². The first-order chi connectivity index (χ1) is 25.4. The van der Waals surface area contributed by atoms with E-state index in [-0.39, 0.29) is 19.3 Å². The molecule has 0 saturated heterocycles. The smallest absolute Gasteiger partial charge is 0.434 e. The van der Waals surface area contributed by atoms with Crippen molar-refractivity contribution in [1.82, 2.24) is 4.90 Å². The van der Waals surface area contributed by atoms with Crippen LogP contribution in [0, 0.1) is 0 Å². The minimum absolute atomic E-state index is 0.141. The number of hydrogen-bond acceptors (Lipinski definition) is 10. The molecule has 0 aromatic carbocycles. The van der Waals surface area contributed by atoms with Gasteiger partial charge in [-0.25, -0.2) is 14.4 Å². The number of ether oxygens (including phenoxy) is 6. The van der Waals surface area contributed by atoms with Crippen LogP contribution >= 0.6 is 0 Å². The fourth-order valence-electron chi connectivity index (χ4n) is 5.48. The van der Waals surface area contributed by atoms with Gasteiger partial charge in [0.05, 0.1) is 13.2 Å². The summed E-state index contributed by atoms with van der Waals surface area (Å²) in [5.41, 5.74) is 0. The van der Waals surface area contributed by atoms with Gasteiger partial charge >= 0.3 is 18.5 Å². The predicted molar refractivity (Wildman–Crippen MR) is 210 cm³/mol. The van der Waals surface area contributed by atoms with Crippen LogP contribution in [0.2, 0.25) is 0 Å². The third-order valence-corrected chi connectivity index (χ3v) is 8.68. The van der Waals surface area contributed by atoms with Crippen LogP contribution < -0.4 is 0 Å². The third kappa shape index (κ3) is 38.5. The van der Waals surface area contributed by atoms with E-state index in [9.17, 15) is 14.4 Å². The summed E-state index contributed by atoms with van der Waals surface area (Å²) in [7, 11) is 3.87. The predicted octanol–water partition coefficient (Wildman–Crippen LogP) is 11.9. The van der Waals surface area contributed by atoms with Crippen LogP contribution in [0.5, 0.6) is 0 Å². The molecule has 10 nitrogen and oxygen atoms in total. The number of carbonyl (C=O) groups excluding carboxylic acids is 3. The van der Waals surface area contributed by atoms with Crippen LogP contribution in [0.1, 0.15) is 168 Å². The number of likely N-dealkylation sites (N-methyl/N-ethyl adjacent to an activating group) is 1. The monoisotopic (exact) mass is 740 g/mol. The van der Waals surface area contributed by atoms with Crippen LogP contribution in [-0.2, 0) is 28.4 Å². The molecule has 0 unspecified atom stereocenters. The summed E-state index contributed by atoms with van der Waals surface area (Å²) in [4.78, 5) is 37.7. The Kier molecular flexibility index (Phi) is 37.4. The molecule has 10 heteroatoms. The number of rotatable bonds is 36. The van der Waals surface area contributed by atoms with E-state index in [4.69, 9.17) is 28.4 Å². The van der Waals surface area contributed by atoms with E-state index in [1.54, 1.807) is 0 Å². The average molecular weight is 740 g/mol. The molecule has 52 heavy (non-hydrogen) atoms. The molecule has 0 N–H and O–H groups in total. The van der Waals surface area contributed by atoms with E-state index < -0.39 is 18.5 Å². The molecule has 0 heterocycles. The van der Waals surface area contributed by atoms with Crippen LogP contribution in [-0.4, -0.2) is 83.1 Å². The van der Waals surface area contributed by atoms with Gasteiger partial charge in [0.25, 0.3) is 0 Å². The third-order valence-electron chi connectivity index (χ3n) is 8.68. The number of allylic oxidation sites excluding steroid dienone is 2. The van der Waals surface area contributed by atoms with E-state index in [2.05, 4.69) is 26.0 Å². The molecule has 0 fully saturated rings. The maximum atomic E-state index is 12.3. The number of unbranched alkanes of at least 4 members (excludes halogenated alkanes) is 18. The zero-order chi connectivity index (χ0) is 38.2. The Morgan fingerprint density at radius 1 is 0.462 bits per heavy atom. The van der Waals surface area contributed by atoms with Gasteiger partial charge in [0.2, 0.25) is 0 Å². The molecule has 0 atom stereocenters. The van der Waals surface area contributed by atoms with Crippen molar-refractivity contribution in [3.8, 4) is 0 Å². The average Bonchev–Trinajstić information content (AvgIpc) is 3.12. The van der Waals surface area contributed by atoms with Gasteiger partial charge in [0.1, 0.15) is 25.9 Å². The summed E-state index contributed by atoms with van der Waals surface area (Å²) in [6.45, 7) is 6.66. The quantitative estimate of drug-likeness (QED) is 0.0266. The first-order valence-electron chi connectivity index (χ1n) is 20.8. The Bertz CT molecular complexity index is 822. The second-order valence-electron chi connectivity index (χ2n) is 13.9. The number of nitrogens with zero attached hydrogens (tertiary/aromatic N) is 1. The lowest BCUT2D eigenvalue weighted by atomic mass is 10.0. The molecule has 0 spiro atoms. The van der Waals surface area contributed by atoms with Gasteiger partial charge in [0, 0.05) is 6.54 Å². The Balaban J connectivity index is 4.02. The maximum Gasteiger partial charge on any atom is 0.508 e. The van der Waals surface area contributed by atoms with Crippen molar-refractivity contribution in [1.29, 1.82) is 0 Å². The van der Waals surface area contributed by atoms with Gasteiger partial charge in [-0.3, -0.25) is 0 Å². The highest BCUT2D eigenvalue weighted by Gasteiger charge is 2.15. The zero-order valence-corrected chi connectivity index (χ0v) is 33.7. The van der Waals surface area contributed by atoms with E-state index in [1.807, 2.05) is 31.1 Å². The van der Waals surface area contributed by atoms with Gasteiger partial charge in [-0.05, 0) is 78.3 Å². The summed E-state index contributed by atoms with van der Waals surface area (Å²) in [5, 5.41) is 0. The lowest BCUT2D eigenvalue weighted by Crippen LogP contribution is -2.23. The molecule has 0 aromatic heterocycles. The van der Waals surface area contributed by atoms with Crippen molar-refractivity contribution in [2.75, 3.05) is 53.7 Å². The molecule has 304 valence electrons. The Morgan fingerprint density at radius 3 is 1.31 bits per heavy atom. The molecule has 0 aliphatic heterocycles. The maximum absolute atomic E-state index is 12.3. The summed E-state index contributed by atoms with van der Waals surface area (Å²) in [6.07, 6.45) is 31.6. The van der Waals surface area contributed by atoms with Crippen molar-refractivity contribution < 1.29 is 42.8 Å². The highest BCUT2D eigenvalue weighted by atomic mass is 16.7. The first-order valence-corrected chi connectivity index (χ1v) is 20.8. The van der Waals surface area contributed by atoms with E-state index in [0.717, 1.165) is 103 Å². The first kappa shape index (κ1) is 49.2. The fourth-order valence-corrected chi connectivity index (χ4v) is 5.48. The molecule has 0 rings (SSSR count). The number of carbonyl (C=O) groups is 3. The van der Waals surface area contributed by atoms with Crippen LogP contribution in [0.3, 0.4) is 0 Å². The zero-order valence-electron chi connectivity index (χ0n) is 33.7. The molecule has 0 aromatic rings. The summed E-state index contributed by atoms with van der Waals surface area (Å²) in [6, 6.07) is 0. The van der Waals surface area contributed by atoms with Crippen molar-refractivity contribution >= 4 is 18.5 Å². The number of hydrogen-bond donors (Lipinski definition) is 0. The van der Waals surface area contributed by atoms with Crippen LogP contribution in [0.25, 0.3) is 0 Å². The molecular formula is C42H77NO9. The molecule has 0 bridgehead atoms. The minimum atomic E-state index is -0.599. The van der Waals surface area contributed by atoms with Gasteiger partial charge in [-0.15, -0.1) is 0 Å². The molecule has 0 aliphatic rings. The van der Waals surface area contributed by atoms with Crippen molar-refractivity contribution in [2.24, 2.45) is 0 Å². The Labute approximate surface area is 317 Å². The topological polar surface area (TPSA) is 110 Å². The summed E-state index contributed by atoms with van der Waals surface area (Å²) in [5.74, 6) is 0. The lowest BCUT2D eigenvalue weighted by molar-refractivity contribution is 0.0138. The minimum Gasteiger partial charge on any atom is -0.434 e. The van der Waals surface area contributed by atoms with Crippen molar-refractivity contribution in [3.63, 3.8) is 0 Å². The highest BCUT2D eigenvalue weighted by molar-refractivity contribution is 5.60. The van der Waals surface area contributed by atoms with Crippen molar-refractivity contribution in [2.45, 2.75) is 174 Å². The highest BCUT2D eigenvalue weighted by Crippen LogP contribution is 2.18. The van der Waals surface area contributed by atoms with Crippen LogP contribution in [0.4, 0.5) is 14.4 Å². The van der Waals surface area contributed by atoms with E-state index in [0.29, 0.717) is 26.4 Å². The summed E-state index contributed by atoms with van der Waals surface area (Å²) < 4.78 is 31.5. The molecule has 0 radical (unpaired) electrons. The van der Waals surface area contributed by atoms with Gasteiger partial charge in [-0.1, -0.05) is 128 Å². The molecular weight excluding hydrogens is 662 g/mol. The molecule has 0 saturated carbocycles.